The standard InChI is InChI=1S/C9H10BrF2N3/c1-15-7(13-8(10)14-15)6-2-4-9(11,12)5-3-6/h2H,3-5H2,1H3. The first-order chi connectivity index (χ1) is 6.98. The molecule has 1 aliphatic carbocycles. The van der Waals surface area contributed by atoms with Crippen molar-refractivity contribution < 1.29 is 8.78 Å². The highest BCUT2D eigenvalue weighted by Gasteiger charge is 2.32. The van der Waals surface area contributed by atoms with E-state index in [1.807, 2.05) is 0 Å². The Kier molecular flexibility index (Phi) is 2.62. The fourth-order valence-electron chi connectivity index (χ4n) is 1.63. The minimum absolute atomic E-state index is 0.108. The van der Waals surface area contributed by atoms with Gasteiger partial charge in [-0.1, -0.05) is 6.08 Å². The number of nitrogens with zero attached hydrogens (tertiary/aromatic N) is 3. The predicted molar refractivity (Wildman–Crippen MR) is 55.5 cm³/mol. The second-order valence-electron chi connectivity index (χ2n) is 3.62. The van der Waals surface area contributed by atoms with Crippen LogP contribution < -0.4 is 0 Å². The molecule has 1 aromatic rings. The van der Waals surface area contributed by atoms with E-state index in [9.17, 15) is 8.78 Å². The molecule has 0 unspecified atom stereocenters. The molecule has 0 radical (unpaired) electrons. The molecule has 0 saturated carbocycles. The van der Waals surface area contributed by atoms with Crippen LogP contribution in [-0.2, 0) is 7.05 Å². The van der Waals surface area contributed by atoms with Crippen LogP contribution in [0.4, 0.5) is 8.78 Å². The first-order valence-electron chi connectivity index (χ1n) is 4.62. The average molecular weight is 278 g/mol. The zero-order valence-electron chi connectivity index (χ0n) is 8.17. The third-order valence-electron chi connectivity index (χ3n) is 2.43. The van der Waals surface area contributed by atoms with Crippen molar-refractivity contribution in [1.82, 2.24) is 14.8 Å². The van der Waals surface area contributed by atoms with Crippen LogP contribution in [0.25, 0.3) is 5.57 Å². The summed E-state index contributed by atoms with van der Waals surface area (Å²) in [5.41, 5.74) is 0.849. The minimum atomic E-state index is -2.56. The molecule has 0 saturated heterocycles. The lowest BCUT2D eigenvalue weighted by Crippen LogP contribution is -2.19. The Hall–Kier alpha value is -0.780. The van der Waals surface area contributed by atoms with Crippen LogP contribution in [0, 0.1) is 0 Å². The summed E-state index contributed by atoms with van der Waals surface area (Å²) in [4.78, 5) is 4.14. The zero-order chi connectivity index (χ0) is 11.1. The second kappa shape index (κ2) is 3.66. The smallest absolute Gasteiger partial charge is 0.248 e. The fraction of sp³-hybridized carbons (Fsp3) is 0.556. The maximum absolute atomic E-state index is 12.9. The fourth-order valence-corrected chi connectivity index (χ4v) is 2.04. The Morgan fingerprint density at radius 2 is 2.27 bits per heavy atom. The topological polar surface area (TPSA) is 30.7 Å². The summed E-state index contributed by atoms with van der Waals surface area (Å²) in [6, 6.07) is 0. The van der Waals surface area contributed by atoms with E-state index < -0.39 is 5.92 Å². The minimum Gasteiger partial charge on any atom is -0.248 e. The van der Waals surface area contributed by atoms with Gasteiger partial charge < -0.3 is 0 Å². The average Bonchev–Trinajstić information content (AvgIpc) is 2.45. The molecule has 3 nitrogen and oxygen atoms in total. The molecule has 0 aromatic carbocycles. The van der Waals surface area contributed by atoms with Crippen molar-refractivity contribution in [2.75, 3.05) is 0 Å². The predicted octanol–water partition coefficient (Wildman–Crippen LogP) is 2.78. The molecule has 0 fully saturated rings. The molecule has 1 aliphatic rings. The van der Waals surface area contributed by atoms with Crippen LogP contribution in [0.15, 0.2) is 10.8 Å². The van der Waals surface area contributed by atoms with Gasteiger partial charge in [0.2, 0.25) is 4.73 Å². The number of hydrogen-bond donors (Lipinski definition) is 0. The lowest BCUT2D eigenvalue weighted by molar-refractivity contribution is -0.00611. The molecular formula is C9H10BrF2N3. The normalized spacial score (nSPS) is 20.1. The molecule has 2 rings (SSSR count). The number of hydrogen-bond acceptors (Lipinski definition) is 2. The summed E-state index contributed by atoms with van der Waals surface area (Å²) in [5.74, 6) is -1.89. The number of aromatic nitrogens is 3. The number of aryl methyl sites for hydroxylation is 1. The molecule has 82 valence electrons. The van der Waals surface area contributed by atoms with E-state index in [0.717, 1.165) is 5.57 Å². The van der Waals surface area contributed by atoms with Gasteiger partial charge >= 0.3 is 0 Å². The maximum Gasteiger partial charge on any atom is 0.251 e. The van der Waals surface area contributed by atoms with Crippen LogP contribution in [0.1, 0.15) is 25.1 Å². The quantitative estimate of drug-likeness (QED) is 0.790. The number of halogens is 3. The molecule has 0 spiro atoms. The van der Waals surface area contributed by atoms with Crippen LogP contribution >= 0.6 is 15.9 Å². The zero-order valence-corrected chi connectivity index (χ0v) is 9.76. The van der Waals surface area contributed by atoms with E-state index in [-0.39, 0.29) is 12.8 Å². The number of alkyl halides is 2. The van der Waals surface area contributed by atoms with Crippen LogP contribution in [0.2, 0.25) is 0 Å². The van der Waals surface area contributed by atoms with Crippen molar-refractivity contribution in [3.8, 4) is 0 Å². The van der Waals surface area contributed by atoms with Crippen molar-refractivity contribution in [2.24, 2.45) is 7.05 Å². The second-order valence-corrected chi connectivity index (χ2v) is 4.33. The molecule has 0 amide bonds. The molecule has 6 heteroatoms. The Bertz CT molecular complexity index is 411. The molecule has 0 N–H and O–H groups in total. The van der Waals surface area contributed by atoms with E-state index in [4.69, 9.17) is 0 Å². The van der Waals surface area contributed by atoms with Gasteiger partial charge in [0.05, 0.1) is 0 Å². The maximum atomic E-state index is 12.9. The Morgan fingerprint density at radius 3 is 2.73 bits per heavy atom. The third-order valence-corrected chi connectivity index (χ3v) is 2.77. The van der Waals surface area contributed by atoms with Crippen molar-refractivity contribution in [1.29, 1.82) is 0 Å². The van der Waals surface area contributed by atoms with Crippen LogP contribution in [-0.4, -0.2) is 20.7 Å². The molecule has 0 atom stereocenters. The lowest BCUT2D eigenvalue weighted by Gasteiger charge is -2.20. The highest BCUT2D eigenvalue weighted by Crippen LogP contribution is 2.35. The molecule has 15 heavy (non-hydrogen) atoms. The van der Waals surface area contributed by atoms with Crippen molar-refractivity contribution in [3.63, 3.8) is 0 Å². The van der Waals surface area contributed by atoms with Gasteiger partial charge in [-0.2, -0.15) is 0 Å². The summed E-state index contributed by atoms with van der Waals surface area (Å²) in [5, 5.41) is 4.02. The van der Waals surface area contributed by atoms with Crippen molar-refractivity contribution >= 4 is 21.5 Å². The third kappa shape index (κ3) is 2.25. The Balaban J connectivity index is 2.26. The molecule has 0 bridgehead atoms. The van der Waals surface area contributed by atoms with E-state index in [1.54, 1.807) is 17.8 Å². The van der Waals surface area contributed by atoms with E-state index in [2.05, 4.69) is 26.0 Å². The molecule has 0 aliphatic heterocycles. The molecular weight excluding hydrogens is 268 g/mol. The van der Waals surface area contributed by atoms with Crippen molar-refractivity contribution in [3.05, 3.63) is 16.6 Å². The van der Waals surface area contributed by atoms with Gasteiger partial charge in [-0.25, -0.2) is 18.4 Å². The summed E-state index contributed by atoms with van der Waals surface area (Å²) >= 11 is 3.15. The van der Waals surface area contributed by atoms with Crippen LogP contribution in [0.3, 0.4) is 0 Å². The van der Waals surface area contributed by atoms with E-state index >= 15 is 0 Å². The first kappa shape index (κ1) is 10.7. The molecule has 1 heterocycles. The van der Waals surface area contributed by atoms with Gasteiger partial charge in [-0.05, 0) is 27.9 Å². The van der Waals surface area contributed by atoms with Gasteiger partial charge in [-0.3, -0.25) is 0 Å². The summed E-state index contributed by atoms with van der Waals surface area (Å²) < 4.78 is 27.9. The summed E-state index contributed by atoms with van der Waals surface area (Å²) in [7, 11) is 1.75. The number of allylic oxidation sites excluding steroid dienone is 2. The Morgan fingerprint density at radius 1 is 1.53 bits per heavy atom. The van der Waals surface area contributed by atoms with Gasteiger partial charge in [-0.15, -0.1) is 5.10 Å². The highest BCUT2D eigenvalue weighted by molar-refractivity contribution is 9.10. The van der Waals surface area contributed by atoms with Gasteiger partial charge in [0, 0.05) is 19.9 Å². The van der Waals surface area contributed by atoms with E-state index in [1.165, 1.54) is 0 Å². The Labute approximate surface area is 94.3 Å². The lowest BCUT2D eigenvalue weighted by atomic mass is 9.96. The van der Waals surface area contributed by atoms with E-state index in [0.29, 0.717) is 17.0 Å². The molecule has 1 aromatic heterocycles. The number of rotatable bonds is 1. The van der Waals surface area contributed by atoms with Gasteiger partial charge in [0.25, 0.3) is 5.92 Å². The summed E-state index contributed by atoms with van der Waals surface area (Å²) in [6.07, 6.45) is 1.60. The van der Waals surface area contributed by atoms with Gasteiger partial charge in [0.1, 0.15) is 0 Å². The SMILES string of the molecule is Cn1nc(Br)nc1C1=CCC(F)(F)CC1. The monoisotopic (exact) mass is 277 g/mol. The largest absolute Gasteiger partial charge is 0.251 e. The first-order valence-corrected chi connectivity index (χ1v) is 5.41. The highest BCUT2D eigenvalue weighted by atomic mass is 79.9. The van der Waals surface area contributed by atoms with Gasteiger partial charge in [0.15, 0.2) is 5.82 Å². The van der Waals surface area contributed by atoms with Crippen LogP contribution in [0.5, 0.6) is 0 Å². The summed E-state index contributed by atoms with van der Waals surface area (Å²) in [6.45, 7) is 0. The van der Waals surface area contributed by atoms with Crippen molar-refractivity contribution in [2.45, 2.75) is 25.2 Å².